The van der Waals surface area contributed by atoms with Crippen molar-refractivity contribution in [2.24, 2.45) is 11.5 Å². The summed E-state index contributed by atoms with van der Waals surface area (Å²) in [5.74, 6) is -32.7. The van der Waals surface area contributed by atoms with Gasteiger partial charge in [0.05, 0.1) is 44.2 Å². The predicted octanol–water partition coefficient (Wildman–Crippen LogP) is 6.15. The fourth-order valence-electron chi connectivity index (χ4n) is 12.4. The largest absolute Gasteiger partial charge is 0.508 e. The summed E-state index contributed by atoms with van der Waals surface area (Å²) in [5.41, 5.74) is 7.45. The van der Waals surface area contributed by atoms with E-state index < -0.39 is 289 Å². The van der Waals surface area contributed by atoms with Gasteiger partial charge in [-0.3, -0.25) is 9.59 Å². The number of fused-ring (bicyclic) bond motifs is 3. The molecule has 42 heteroatoms. The molecule has 0 spiro atoms. The number of hydrogen-bond acceptors (Lipinski definition) is 39. The van der Waals surface area contributed by atoms with Gasteiger partial charge in [-0.1, -0.05) is 7.43 Å². The summed E-state index contributed by atoms with van der Waals surface area (Å²) in [6.45, 7) is 0. The smallest absolute Gasteiger partial charge is 0.338 e. The van der Waals surface area contributed by atoms with Crippen LogP contribution in [0.15, 0.2) is 103 Å². The van der Waals surface area contributed by atoms with E-state index in [2.05, 4.69) is 0 Å². The fraction of sp³-hybridized carbons (Fsp3) is 0.192. The quantitative estimate of drug-likeness (QED) is 0.0198. The number of esters is 3. The Kier molecular flexibility index (Phi) is 24.2. The Labute approximate surface area is 653 Å². The van der Waals surface area contributed by atoms with Crippen LogP contribution in [-0.2, 0) is 23.8 Å². The molecule has 0 aliphatic carbocycles. The van der Waals surface area contributed by atoms with Crippen molar-refractivity contribution in [3.63, 3.8) is 0 Å². The molecule has 30 N–H and O–H groups in total. The highest BCUT2D eigenvalue weighted by Crippen LogP contribution is 2.63. The molecule has 3 aliphatic rings. The molecule has 115 heavy (non-hydrogen) atoms. The van der Waals surface area contributed by atoms with Crippen molar-refractivity contribution >= 4 is 61.8 Å². The van der Waals surface area contributed by atoms with Gasteiger partial charge in [0.15, 0.2) is 140 Å². The Morgan fingerprint density at radius 1 is 0.330 bits per heavy atom. The Morgan fingerprint density at radius 2 is 0.591 bits per heavy atom. The molecule has 11 atom stereocenters. The zero-order valence-corrected chi connectivity index (χ0v) is 58.9. The average Bonchev–Trinajstić information content (AvgIpc) is 0.713. The van der Waals surface area contributed by atoms with E-state index in [0.29, 0.717) is 42.1 Å². The highest BCUT2D eigenvalue weighted by Gasteiger charge is 2.53. The highest BCUT2D eigenvalue weighted by molar-refractivity contribution is 7.99. The highest BCUT2D eigenvalue weighted by atomic mass is 32.2. The van der Waals surface area contributed by atoms with Gasteiger partial charge in [0.25, 0.3) is 0 Å². The lowest BCUT2D eigenvalue weighted by Gasteiger charge is -2.43. The number of hydrogen-bond donors (Lipinski definition) is 28. The minimum atomic E-state index is -2.13. The van der Waals surface area contributed by atoms with Gasteiger partial charge in [0.2, 0.25) is 0 Å². The summed E-state index contributed by atoms with van der Waals surface area (Å²) in [6, 6.07) is 10.9. The molecule has 9 aromatic rings. The Morgan fingerprint density at radius 3 is 0.922 bits per heavy atom. The van der Waals surface area contributed by atoms with Gasteiger partial charge in [-0.05, 0) is 72.8 Å². The summed E-state index contributed by atoms with van der Waals surface area (Å²) in [4.78, 5) is 65.0. The van der Waals surface area contributed by atoms with Crippen molar-refractivity contribution in [1.82, 2.24) is 0 Å². The molecule has 605 valence electrons. The van der Waals surface area contributed by atoms with Crippen LogP contribution in [0.4, 0.5) is 0 Å². The van der Waals surface area contributed by atoms with Crippen LogP contribution in [0.1, 0.15) is 112 Å². The van der Waals surface area contributed by atoms with Crippen LogP contribution in [0, 0.1) is 0 Å². The second kappa shape index (κ2) is 32.9. The van der Waals surface area contributed by atoms with E-state index in [1.807, 2.05) is 0 Å². The molecule has 0 saturated carbocycles. The minimum Gasteiger partial charge on any atom is -0.508 e. The first-order valence-corrected chi connectivity index (χ1v) is 34.3. The van der Waals surface area contributed by atoms with E-state index in [1.165, 1.54) is 0 Å². The normalized spacial score (nSPS) is 18.8. The van der Waals surface area contributed by atoms with E-state index in [9.17, 15) is 157 Å². The number of phenols is 24. The van der Waals surface area contributed by atoms with E-state index in [-0.39, 0.29) is 44.0 Å². The maximum atomic E-state index is 14.3. The summed E-state index contributed by atoms with van der Waals surface area (Å²) in [5, 5.41) is 268. The van der Waals surface area contributed by atoms with Crippen LogP contribution < -0.4 is 25.7 Å². The second-order valence-electron chi connectivity index (χ2n) is 25.2. The first kappa shape index (κ1) is 84.6. The number of ether oxygens (including phenoxy) is 6. The second-order valence-corrected chi connectivity index (χ2v) is 27.6. The molecular weight excluding hydrogens is 1570 g/mol. The number of rotatable bonds is 18. The monoisotopic (exact) mass is 1640 g/mol. The van der Waals surface area contributed by atoms with E-state index in [4.69, 9.17) is 39.9 Å². The van der Waals surface area contributed by atoms with Gasteiger partial charge in [-0.15, -0.1) is 23.5 Å². The van der Waals surface area contributed by atoms with Gasteiger partial charge < -0.3 is 173 Å². The zero-order valence-electron chi connectivity index (χ0n) is 57.2. The number of aliphatic carboxylic acids is 2. The molecule has 0 fully saturated rings. The van der Waals surface area contributed by atoms with Gasteiger partial charge in [0, 0.05) is 78.1 Å². The topological polar surface area (TPSA) is 719 Å². The molecule has 0 aromatic heterocycles. The molecule has 0 unspecified atom stereocenters. The number of carbonyl (C=O) groups excluding carboxylic acids is 3. The molecule has 3 radical (unpaired) electrons. The maximum Gasteiger partial charge on any atom is 0.338 e. The lowest BCUT2D eigenvalue weighted by atomic mass is 9.77. The number of thioether (sulfide) groups is 2. The zero-order chi connectivity index (χ0) is 82.7. The van der Waals surface area contributed by atoms with E-state index in [1.54, 1.807) is 0 Å². The van der Waals surface area contributed by atoms with Crippen LogP contribution in [0.25, 0.3) is 0 Å². The number of carbonyl (C=O) groups is 5. The Hall–Kier alpha value is -14.4. The lowest BCUT2D eigenvalue weighted by molar-refractivity contribution is -0.138. The van der Waals surface area contributed by atoms with Crippen molar-refractivity contribution in [2.45, 2.75) is 72.6 Å². The standard InChI is InChI=1S/C47H39NO24S.C25H23NO13S.CH4.B/c48-18(45(65)66)12-73-44-33-21(52)11-20(51)32(41(33)70-40(14-3-24(55)36(62)25(56)4-14)43(44)72-47(68)16-7-28(59)38(64)29(60)8-16)34-31-19(50)9-17(49)10-30(31)69-39(13-1-22(53)35(61)23(54)2-13)42(34)71-46(67)15-5-26(57)37(63)27(58)6-15;26-11(24(35)36)7-40-23-18-12(28)5-10(27)6-17(18)38-21(8-1-13(29)19(33)14(30)2-8)22(23)39-25(37)9-3-15(31)20(34)16(32)4-9;;/h1-11,18,34,39-40,42-44,49-64H,12,48H2,(H,65,66);1-6,11,21-23,27-34H,7,26H2,(H,35,36);1H4;/t18-,34+,39+,40+,42+,43-,44-;11-,21+,22-,23-;;/m00../s1. The minimum absolute atomic E-state index is 0. The summed E-state index contributed by atoms with van der Waals surface area (Å²) >= 11 is 1.41. The molecule has 0 amide bonds. The predicted molar refractivity (Wildman–Crippen MR) is 392 cm³/mol. The molecule has 9 aromatic carbocycles. The number of aromatic hydroxyl groups is 24. The molecule has 3 aliphatic heterocycles. The van der Waals surface area contributed by atoms with E-state index >= 15 is 0 Å². The van der Waals surface area contributed by atoms with Crippen molar-refractivity contribution in [3.8, 4) is 155 Å². The van der Waals surface area contributed by atoms with Crippen LogP contribution in [0.5, 0.6) is 155 Å². The first-order chi connectivity index (χ1) is 53.1. The third-order valence-corrected chi connectivity index (χ3v) is 20.6. The molecule has 0 bridgehead atoms. The first-order valence-electron chi connectivity index (χ1n) is 32.2. The van der Waals surface area contributed by atoms with Crippen molar-refractivity contribution in [2.75, 3.05) is 11.5 Å². The van der Waals surface area contributed by atoms with Gasteiger partial charge in [-0.2, -0.15) is 0 Å². The van der Waals surface area contributed by atoms with Gasteiger partial charge >= 0.3 is 29.8 Å². The third-order valence-electron chi connectivity index (χ3n) is 17.7. The van der Waals surface area contributed by atoms with Crippen LogP contribution in [-0.4, -0.2) is 213 Å². The Bertz CT molecular complexity index is 5240. The summed E-state index contributed by atoms with van der Waals surface area (Å²) in [6.07, 6.45) is -10.9. The Balaban J connectivity index is 0.000000305. The molecule has 39 nitrogen and oxygen atoms in total. The maximum absolute atomic E-state index is 14.3. The van der Waals surface area contributed by atoms with Crippen molar-refractivity contribution in [1.29, 1.82) is 0 Å². The van der Waals surface area contributed by atoms with Gasteiger partial charge in [0.1, 0.15) is 63.8 Å². The molecule has 3 heterocycles. The number of carboxylic acids is 2. The van der Waals surface area contributed by atoms with E-state index in [0.717, 1.165) is 84.6 Å². The number of benzene rings is 9. The lowest BCUT2D eigenvalue weighted by Crippen LogP contribution is -2.41. The number of phenolic OH excluding ortho intramolecular Hbond substituents is 24. The number of carboxylic acid groups (broad SMARTS) is 2. The molecule has 0 saturated heterocycles. The molecular formula is C73H66BN2O37S2. The fourth-order valence-corrected chi connectivity index (χ4v) is 15.1. The van der Waals surface area contributed by atoms with Crippen LogP contribution in [0.3, 0.4) is 0 Å². The average molecular weight is 1640 g/mol. The van der Waals surface area contributed by atoms with Crippen LogP contribution in [0.2, 0.25) is 0 Å². The summed E-state index contributed by atoms with van der Waals surface area (Å²) < 4.78 is 36.3. The molecule has 12 rings (SSSR count). The van der Waals surface area contributed by atoms with Gasteiger partial charge in [-0.25, -0.2) is 14.4 Å². The van der Waals surface area contributed by atoms with Crippen LogP contribution >= 0.6 is 23.5 Å². The van der Waals surface area contributed by atoms with Crippen molar-refractivity contribution in [3.05, 3.63) is 159 Å². The van der Waals surface area contributed by atoms with Crippen molar-refractivity contribution < 1.29 is 185 Å². The SMILES string of the molecule is C.N[C@@H](CS[C@H]1c2c(O)cc(O)c([C@H]3c4c(O)cc(O)cc4O[C@H](c4cc(O)c(O)c(O)c4)[C@@H]3OC(=O)c3cc(O)c(O)c(O)c3)c2O[C@H](c2cc(O)c(O)c(O)c2)[C@@H]1OC(=O)c1cc(O)c(O)c(O)c1)C(=O)O.N[C@@H](CS[C@H]1c2c(O)cc(O)cc2O[C@H](c2cc(O)c(O)c(O)c2)[C@@H]1OC(=O)c1cc(O)c(O)c(O)c1)C(=O)O.[B]. The third kappa shape index (κ3) is 16.5. The number of nitrogens with two attached hydrogens (primary N) is 2. The summed E-state index contributed by atoms with van der Waals surface area (Å²) in [7, 11) is 0.